The van der Waals surface area contributed by atoms with E-state index in [1.807, 2.05) is 0 Å². The average Bonchev–Trinajstić information content (AvgIpc) is 2.35. The Bertz CT molecular complexity index is 457. The van der Waals surface area contributed by atoms with E-state index in [0.29, 0.717) is 0 Å². The summed E-state index contributed by atoms with van der Waals surface area (Å²) in [6, 6.07) is 1.65. The summed E-state index contributed by atoms with van der Waals surface area (Å²) in [6.45, 7) is 3.30. The summed E-state index contributed by atoms with van der Waals surface area (Å²) in [5.41, 5.74) is -2.17. The topological polar surface area (TPSA) is 62.2 Å². The number of carbonyl (C=O) groups is 1. The van der Waals surface area contributed by atoms with Gasteiger partial charge in [-0.3, -0.25) is 0 Å². The van der Waals surface area contributed by atoms with Crippen molar-refractivity contribution in [3.8, 4) is 0 Å². The first-order chi connectivity index (χ1) is 8.75. The van der Waals surface area contributed by atoms with Crippen LogP contribution in [0.25, 0.3) is 0 Å². The molecule has 0 aliphatic carbocycles. The van der Waals surface area contributed by atoms with Gasteiger partial charge in [0.1, 0.15) is 11.4 Å². The Hall–Kier alpha value is -1.79. The highest BCUT2D eigenvalue weighted by Crippen LogP contribution is 2.31. The highest BCUT2D eigenvalue weighted by Gasteiger charge is 2.36. The van der Waals surface area contributed by atoms with Crippen LogP contribution in [0.15, 0.2) is 18.3 Å². The fourth-order valence-electron chi connectivity index (χ4n) is 1.70. The minimum absolute atomic E-state index is 0.0964. The Morgan fingerprint density at radius 2 is 1.95 bits per heavy atom. The maximum Gasteiger partial charge on any atom is 0.416 e. The molecule has 106 valence electrons. The van der Waals surface area contributed by atoms with Crippen molar-refractivity contribution in [2.24, 2.45) is 0 Å². The third-order valence-corrected chi connectivity index (χ3v) is 3.07. The number of carboxylic acids is 1. The normalized spacial score (nSPS) is 12.3. The maximum atomic E-state index is 12.6. The first-order valence-corrected chi connectivity index (χ1v) is 5.80. The van der Waals surface area contributed by atoms with Gasteiger partial charge in [0, 0.05) is 6.20 Å². The van der Waals surface area contributed by atoms with Crippen LogP contribution in [0.2, 0.25) is 0 Å². The lowest BCUT2D eigenvalue weighted by Crippen LogP contribution is -2.45. The Morgan fingerprint density at radius 1 is 1.37 bits per heavy atom. The molecule has 1 rings (SSSR count). The zero-order valence-electron chi connectivity index (χ0n) is 10.6. The van der Waals surface area contributed by atoms with E-state index >= 15 is 0 Å². The molecule has 0 radical (unpaired) electrons. The second-order valence-corrected chi connectivity index (χ2v) is 4.15. The number of pyridine rings is 1. The van der Waals surface area contributed by atoms with E-state index in [4.69, 9.17) is 0 Å². The van der Waals surface area contributed by atoms with Crippen molar-refractivity contribution >= 4 is 11.8 Å². The van der Waals surface area contributed by atoms with E-state index in [0.717, 1.165) is 18.3 Å². The second kappa shape index (κ2) is 5.46. The van der Waals surface area contributed by atoms with Crippen LogP contribution in [-0.2, 0) is 11.0 Å². The third-order valence-electron chi connectivity index (χ3n) is 3.07. The number of nitrogens with one attached hydrogen (secondary N) is 1. The van der Waals surface area contributed by atoms with Gasteiger partial charge in [-0.15, -0.1) is 0 Å². The fraction of sp³-hybridized carbons (Fsp3) is 0.500. The average molecular weight is 276 g/mol. The lowest BCUT2D eigenvalue weighted by molar-refractivity contribution is -0.142. The van der Waals surface area contributed by atoms with Gasteiger partial charge in [-0.2, -0.15) is 13.2 Å². The van der Waals surface area contributed by atoms with E-state index in [2.05, 4.69) is 10.3 Å². The Kier molecular flexibility index (Phi) is 4.39. The number of nitrogens with zero attached hydrogens (tertiary/aromatic N) is 1. The quantitative estimate of drug-likeness (QED) is 0.867. The minimum atomic E-state index is -4.48. The van der Waals surface area contributed by atoms with Gasteiger partial charge in [-0.05, 0) is 25.0 Å². The van der Waals surface area contributed by atoms with Gasteiger partial charge in [0.15, 0.2) is 0 Å². The summed E-state index contributed by atoms with van der Waals surface area (Å²) in [5, 5.41) is 11.8. The van der Waals surface area contributed by atoms with Gasteiger partial charge >= 0.3 is 12.1 Å². The van der Waals surface area contributed by atoms with E-state index in [1.165, 1.54) is 0 Å². The highest BCUT2D eigenvalue weighted by atomic mass is 19.4. The van der Waals surface area contributed by atoms with Crippen LogP contribution in [0.3, 0.4) is 0 Å². The molecule has 1 heterocycles. The summed E-state index contributed by atoms with van der Waals surface area (Å²) >= 11 is 0. The Balaban J connectivity index is 3.08. The zero-order chi connectivity index (χ0) is 14.7. The molecule has 0 fully saturated rings. The van der Waals surface area contributed by atoms with Crippen molar-refractivity contribution in [3.05, 3.63) is 23.9 Å². The Morgan fingerprint density at radius 3 is 2.37 bits per heavy atom. The molecular formula is C12H15F3N2O2. The molecule has 4 nitrogen and oxygen atoms in total. The molecule has 1 aromatic rings. The zero-order valence-corrected chi connectivity index (χ0v) is 10.6. The van der Waals surface area contributed by atoms with Crippen LogP contribution in [0, 0.1) is 0 Å². The van der Waals surface area contributed by atoms with Crippen LogP contribution in [-0.4, -0.2) is 21.6 Å². The van der Waals surface area contributed by atoms with Crippen molar-refractivity contribution in [2.75, 3.05) is 5.32 Å². The first kappa shape index (κ1) is 15.3. The molecule has 19 heavy (non-hydrogen) atoms. The van der Waals surface area contributed by atoms with Gasteiger partial charge in [-0.25, -0.2) is 9.78 Å². The van der Waals surface area contributed by atoms with Crippen molar-refractivity contribution in [2.45, 2.75) is 38.4 Å². The number of rotatable bonds is 5. The van der Waals surface area contributed by atoms with Gasteiger partial charge in [-0.1, -0.05) is 13.8 Å². The highest BCUT2D eigenvalue weighted by molar-refractivity contribution is 5.82. The molecule has 0 bridgehead atoms. The van der Waals surface area contributed by atoms with Gasteiger partial charge in [0.2, 0.25) is 0 Å². The number of alkyl halides is 3. The molecule has 0 spiro atoms. The predicted octanol–water partition coefficient (Wildman–Crippen LogP) is 3.16. The second-order valence-electron chi connectivity index (χ2n) is 4.15. The number of carboxylic acid groups (broad SMARTS) is 1. The maximum absolute atomic E-state index is 12.6. The number of hydrogen-bond acceptors (Lipinski definition) is 3. The Labute approximate surface area is 108 Å². The summed E-state index contributed by atoms with van der Waals surface area (Å²) in [6.07, 6.45) is -3.01. The molecule has 0 atom stereocenters. The number of anilines is 1. The standard InChI is InChI=1S/C12H15F3N2O2/c1-3-11(4-2,10(18)19)17-9-7-8(5-6-16-9)12(13,14)15/h5-7H,3-4H2,1-2H3,(H,16,17)(H,18,19). The van der Waals surface area contributed by atoms with Crippen molar-refractivity contribution in [3.63, 3.8) is 0 Å². The molecule has 0 unspecified atom stereocenters. The van der Waals surface area contributed by atoms with Crippen molar-refractivity contribution in [1.29, 1.82) is 0 Å². The van der Waals surface area contributed by atoms with E-state index in [9.17, 15) is 23.1 Å². The van der Waals surface area contributed by atoms with Crippen LogP contribution in [0.1, 0.15) is 32.3 Å². The van der Waals surface area contributed by atoms with Crippen molar-refractivity contribution < 1.29 is 23.1 Å². The molecule has 0 aliphatic rings. The summed E-state index contributed by atoms with van der Waals surface area (Å²) in [7, 11) is 0. The largest absolute Gasteiger partial charge is 0.480 e. The predicted molar refractivity (Wildman–Crippen MR) is 63.8 cm³/mol. The molecule has 7 heteroatoms. The minimum Gasteiger partial charge on any atom is -0.480 e. The van der Waals surface area contributed by atoms with Gasteiger partial charge in [0.05, 0.1) is 5.56 Å². The smallest absolute Gasteiger partial charge is 0.416 e. The fourth-order valence-corrected chi connectivity index (χ4v) is 1.70. The molecule has 0 saturated heterocycles. The summed E-state index contributed by atoms with van der Waals surface area (Å²) < 4.78 is 37.7. The molecule has 0 amide bonds. The van der Waals surface area contributed by atoms with E-state index < -0.39 is 23.2 Å². The molecule has 0 saturated carbocycles. The van der Waals surface area contributed by atoms with Crippen LogP contribution in [0.4, 0.5) is 19.0 Å². The van der Waals surface area contributed by atoms with Gasteiger partial charge in [0.25, 0.3) is 0 Å². The number of aliphatic carboxylic acids is 1. The number of hydrogen-bond donors (Lipinski definition) is 2. The van der Waals surface area contributed by atoms with Crippen LogP contribution in [0.5, 0.6) is 0 Å². The molecule has 0 aromatic carbocycles. The molecule has 2 N–H and O–H groups in total. The summed E-state index contributed by atoms with van der Waals surface area (Å²) in [5.74, 6) is -1.21. The first-order valence-electron chi connectivity index (χ1n) is 5.80. The monoisotopic (exact) mass is 276 g/mol. The molecule has 0 aliphatic heterocycles. The van der Waals surface area contributed by atoms with Gasteiger partial charge < -0.3 is 10.4 Å². The molecular weight excluding hydrogens is 261 g/mol. The third kappa shape index (κ3) is 3.36. The van der Waals surface area contributed by atoms with Crippen LogP contribution >= 0.6 is 0 Å². The van der Waals surface area contributed by atoms with E-state index in [-0.39, 0.29) is 18.7 Å². The molecule has 1 aromatic heterocycles. The SMILES string of the molecule is CCC(CC)(Nc1cc(C(F)(F)F)ccn1)C(=O)O. The van der Waals surface area contributed by atoms with Crippen LogP contribution < -0.4 is 5.32 Å². The van der Waals surface area contributed by atoms with E-state index in [1.54, 1.807) is 13.8 Å². The lowest BCUT2D eigenvalue weighted by atomic mass is 9.93. The lowest BCUT2D eigenvalue weighted by Gasteiger charge is -2.28. The number of aromatic nitrogens is 1. The number of halogens is 3. The summed E-state index contributed by atoms with van der Waals surface area (Å²) in [4.78, 5) is 15.0. The van der Waals surface area contributed by atoms with Crippen molar-refractivity contribution in [1.82, 2.24) is 4.98 Å².